The molecule has 1 fully saturated rings. The standard InChI is InChI=1S/C24H27N3O2S/c1-19-7-9-22(10-8-19)29-16-11-23(28)27-14-12-26(13-15-27)17-21-18-30-24(25-21)20-5-3-2-4-6-20/h2-10,18H,11-17H2,1H3. The largest absolute Gasteiger partial charge is 0.493 e. The average molecular weight is 422 g/mol. The van der Waals surface area contributed by atoms with Crippen LogP contribution in [0.25, 0.3) is 10.6 Å². The SMILES string of the molecule is Cc1ccc(OCCC(=O)N2CCN(Cc3csc(-c4ccccc4)n3)CC2)cc1. The topological polar surface area (TPSA) is 45.7 Å². The van der Waals surface area contributed by atoms with Crippen molar-refractivity contribution >= 4 is 17.2 Å². The fourth-order valence-electron chi connectivity index (χ4n) is 3.53. The van der Waals surface area contributed by atoms with Crippen LogP contribution in [0.15, 0.2) is 60.0 Å². The first-order valence-corrected chi connectivity index (χ1v) is 11.2. The second-order valence-corrected chi connectivity index (χ2v) is 8.44. The van der Waals surface area contributed by atoms with Gasteiger partial charge in [0, 0.05) is 43.7 Å². The lowest BCUT2D eigenvalue weighted by Crippen LogP contribution is -2.48. The molecule has 2 aromatic carbocycles. The van der Waals surface area contributed by atoms with Crippen molar-refractivity contribution in [2.24, 2.45) is 0 Å². The minimum atomic E-state index is 0.168. The molecule has 1 aliphatic heterocycles. The fourth-order valence-corrected chi connectivity index (χ4v) is 4.34. The minimum absolute atomic E-state index is 0.168. The second-order valence-electron chi connectivity index (χ2n) is 7.58. The minimum Gasteiger partial charge on any atom is -0.493 e. The van der Waals surface area contributed by atoms with Gasteiger partial charge in [-0.1, -0.05) is 48.0 Å². The van der Waals surface area contributed by atoms with Crippen LogP contribution in [-0.4, -0.2) is 53.5 Å². The maximum atomic E-state index is 12.5. The number of aryl methyl sites for hydroxylation is 1. The Morgan fingerprint density at radius 3 is 2.50 bits per heavy atom. The van der Waals surface area contributed by atoms with Gasteiger partial charge in [0.05, 0.1) is 18.7 Å². The van der Waals surface area contributed by atoms with Gasteiger partial charge in [-0.2, -0.15) is 0 Å². The molecule has 0 aliphatic carbocycles. The second kappa shape index (κ2) is 9.87. The number of amides is 1. The lowest BCUT2D eigenvalue weighted by Gasteiger charge is -2.34. The average Bonchev–Trinajstić information content (AvgIpc) is 3.25. The maximum Gasteiger partial charge on any atom is 0.226 e. The molecule has 1 saturated heterocycles. The smallest absolute Gasteiger partial charge is 0.226 e. The van der Waals surface area contributed by atoms with Gasteiger partial charge in [-0.15, -0.1) is 11.3 Å². The van der Waals surface area contributed by atoms with Crippen molar-refractivity contribution in [3.63, 3.8) is 0 Å². The number of aromatic nitrogens is 1. The first kappa shape index (κ1) is 20.6. The van der Waals surface area contributed by atoms with E-state index in [9.17, 15) is 4.79 Å². The monoisotopic (exact) mass is 421 g/mol. The molecule has 156 valence electrons. The van der Waals surface area contributed by atoms with Gasteiger partial charge in [0.1, 0.15) is 10.8 Å². The summed E-state index contributed by atoms with van der Waals surface area (Å²) in [5.41, 5.74) is 3.47. The Bertz CT molecular complexity index is 948. The van der Waals surface area contributed by atoms with E-state index in [0.717, 1.165) is 54.7 Å². The van der Waals surface area contributed by atoms with Crippen LogP contribution >= 0.6 is 11.3 Å². The zero-order valence-corrected chi connectivity index (χ0v) is 18.1. The predicted molar refractivity (Wildman–Crippen MR) is 121 cm³/mol. The van der Waals surface area contributed by atoms with E-state index in [0.29, 0.717) is 13.0 Å². The Labute approximate surface area is 181 Å². The fraction of sp³-hybridized carbons (Fsp3) is 0.333. The van der Waals surface area contributed by atoms with Crippen LogP contribution in [0.5, 0.6) is 5.75 Å². The van der Waals surface area contributed by atoms with Crippen LogP contribution in [0.4, 0.5) is 0 Å². The van der Waals surface area contributed by atoms with Crippen molar-refractivity contribution in [2.75, 3.05) is 32.8 Å². The zero-order chi connectivity index (χ0) is 20.8. The Morgan fingerprint density at radius 1 is 1.03 bits per heavy atom. The molecule has 4 rings (SSSR count). The van der Waals surface area contributed by atoms with Crippen LogP contribution in [0.2, 0.25) is 0 Å². The van der Waals surface area contributed by atoms with E-state index in [1.807, 2.05) is 54.3 Å². The van der Waals surface area contributed by atoms with Crippen molar-refractivity contribution in [1.29, 1.82) is 0 Å². The molecule has 2 heterocycles. The molecule has 0 N–H and O–H groups in total. The molecule has 6 heteroatoms. The van der Waals surface area contributed by atoms with Gasteiger partial charge in [-0.25, -0.2) is 4.98 Å². The molecule has 1 aromatic heterocycles. The number of carbonyl (C=O) groups excluding carboxylic acids is 1. The van der Waals surface area contributed by atoms with Gasteiger partial charge in [0.15, 0.2) is 0 Å². The van der Waals surface area contributed by atoms with Crippen LogP contribution in [0, 0.1) is 6.92 Å². The van der Waals surface area contributed by atoms with Gasteiger partial charge in [0.2, 0.25) is 5.91 Å². The Morgan fingerprint density at radius 2 is 1.77 bits per heavy atom. The molecule has 0 bridgehead atoms. The van der Waals surface area contributed by atoms with Crippen molar-refractivity contribution in [3.05, 3.63) is 71.2 Å². The molecule has 0 saturated carbocycles. The summed E-state index contributed by atoms with van der Waals surface area (Å²) in [6, 6.07) is 18.2. The van der Waals surface area contributed by atoms with E-state index >= 15 is 0 Å². The summed E-state index contributed by atoms with van der Waals surface area (Å²) < 4.78 is 5.70. The zero-order valence-electron chi connectivity index (χ0n) is 17.3. The number of carbonyl (C=O) groups is 1. The van der Waals surface area contributed by atoms with Crippen LogP contribution < -0.4 is 4.74 Å². The molecular weight excluding hydrogens is 394 g/mol. The number of hydrogen-bond acceptors (Lipinski definition) is 5. The maximum absolute atomic E-state index is 12.5. The number of thiazole rings is 1. The number of nitrogens with zero attached hydrogens (tertiary/aromatic N) is 3. The number of ether oxygens (including phenoxy) is 1. The van der Waals surface area contributed by atoms with Gasteiger partial charge in [0.25, 0.3) is 0 Å². The predicted octanol–water partition coefficient (Wildman–Crippen LogP) is 4.23. The van der Waals surface area contributed by atoms with E-state index in [1.54, 1.807) is 11.3 Å². The molecule has 0 atom stereocenters. The van der Waals surface area contributed by atoms with E-state index in [4.69, 9.17) is 9.72 Å². The molecule has 0 radical (unpaired) electrons. The summed E-state index contributed by atoms with van der Waals surface area (Å²) in [5.74, 6) is 0.984. The van der Waals surface area contributed by atoms with Crippen LogP contribution in [0.3, 0.4) is 0 Å². The number of hydrogen-bond donors (Lipinski definition) is 0. The molecule has 30 heavy (non-hydrogen) atoms. The molecular formula is C24H27N3O2S. The normalized spacial score (nSPS) is 14.6. The van der Waals surface area contributed by atoms with E-state index in [1.165, 1.54) is 5.56 Å². The number of rotatable bonds is 7. The van der Waals surface area contributed by atoms with E-state index in [2.05, 4.69) is 22.4 Å². The highest BCUT2D eigenvalue weighted by Gasteiger charge is 2.21. The Kier molecular flexibility index (Phi) is 6.77. The molecule has 5 nitrogen and oxygen atoms in total. The van der Waals surface area contributed by atoms with Gasteiger partial charge < -0.3 is 9.64 Å². The summed E-state index contributed by atoms with van der Waals surface area (Å²) >= 11 is 1.69. The lowest BCUT2D eigenvalue weighted by molar-refractivity contribution is -0.133. The highest BCUT2D eigenvalue weighted by molar-refractivity contribution is 7.13. The highest BCUT2D eigenvalue weighted by Crippen LogP contribution is 2.24. The van der Waals surface area contributed by atoms with Gasteiger partial charge in [-0.3, -0.25) is 9.69 Å². The van der Waals surface area contributed by atoms with Gasteiger partial charge in [-0.05, 0) is 19.1 Å². The van der Waals surface area contributed by atoms with Crippen molar-refractivity contribution in [3.8, 4) is 16.3 Å². The summed E-state index contributed by atoms with van der Waals surface area (Å²) in [6.45, 7) is 6.58. The molecule has 3 aromatic rings. The third-order valence-corrected chi connectivity index (χ3v) is 6.23. The van der Waals surface area contributed by atoms with Crippen LogP contribution in [0.1, 0.15) is 17.7 Å². The van der Waals surface area contributed by atoms with E-state index < -0.39 is 0 Å². The molecule has 1 aliphatic rings. The van der Waals surface area contributed by atoms with Crippen molar-refractivity contribution in [1.82, 2.24) is 14.8 Å². The highest BCUT2D eigenvalue weighted by atomic mass is 32.1. The molecule has 1 amide bonds. The summed E-state index contributed by atoms with van der Waals surface area (Å²) in [6.07, 6.45) is 0.417. The third kappa shape index (κ3) is 5.46. The summed E-state index contributed by atoms with van der Waals surface area (Å²) in [4.78, 5) is 21.6. The first-order valence-electron chi connectivity index (χ1n) is 10.4. The summed E-state index contributed by atoms with van der Waals surface area (Å²) in [7, 11) is 0. The van der Waals surface area contributed by atoms with Crippen molar-refractivity contribution < 1.29 is 9.53 Å². The van der Waals surface area contributed by atoms with Crippen molar-refractivity contribution in [2.45, 2.75) is 19.9 Å². The molecule has 0 spiro atoms. The number of benzene rings is 2. The van der Waals surface area contributed by atoms with Gasteiger partial charge >= 0.3 is 0 Å². The lowest BCUT2D eigenvalue weighted by atomic mass is 10.2. The van der Waals surface area contributed by atoms with Crippen LogP contribution in [-0.2, 0) is 11.3 Å². The first-order chi connectivity index (χ1) is 14.7. The quantitative estimate of drug-likeness (QED) is 0.573. The number of piperazine rings is 1. The molecule has 0 unspecified atom stereocenters. The van der Waals surface area contributed by atoms with E-state index in [-0.39, 0.29) is 5.91 Å². The Hall–Kier alpha value is -2.70. The summed E-state index contributed by atoms with van der Waals surface area (Å²) in [5, 5.41) is 3.20. The third-order valence-electron chi connectivity index (χ3n) is 5.29. The Balaban J connectivity index is 1.19.